The molecule has 4 aromatic heterocycles. The normalized spacial score (nSPS) is 21.3. The maximum atomic E-state index is 12.1. The van der Waals surface area contributed by atoms with E-state index in [1.165, 1.54) is 0 Å². The van der Waals surface area contributed by atoms with Gasteiger partial charge < -0.3 is 15.4 Å². The second-order valence-corrected chi connectivity index (χ2v) is 11.7. The maximum Gasteiger partial charge on any atom is 0.223 e. The van der Waals surface area contributed by atoms with E-state index in [2.05, 4.69) is 32.0 Å². The summed E-state index contributed by atoms with van der Waals surface area (Å²) >= 11 is 1.63. The van der Waals surface area contributed by atoms with Crippen molar-refractivity contribution in [3.63, 3.8) is 0 Å². The van der Waals surface area contributed by atoms with Crippen LogP contribution in [0.15, 0.2) is 36.7 Å². The van der Waals surface area contributed by atoms with Gasteiger partial charge in [0, 0.05) is 29.8 Å². The molecule has 10 nitrogen and oxygen atoms in total. The lowest BCUT2D eigenvalue weighted by molar-refractivity contribution is -0.123. The summed E-state index contributed by atoms with van der Waals surface area (Å²) in [6.45, 7) is 1.32. The van der Waals surface area contributed by atoms with Crippen LogP contribution in [-0.2, 0) is 9.53 Å². The summed E-state index contributed by atoms with van der Waals surface area (Å²) in [5.41, 5.74) is 4.83. The Morgan fingerprint density at radius 3 is 2.64 bits per heavy atom. The second kappa shape index (κ2) is 10.0. The van der Waals surface area contributed by atoms with Crippen molar-refractivity contribution in [3.8, 4) is 28.0 Å². The molecule has 1 saturated heterocycles. The predicted octanol–water partition coefficient (Wildman–Crippen LogP) is 4.15. The van der Waals surface area contributed by atoms with Crippen LogP contribution in [-0.4, -0.2) is 56.0 Å². The summed E-state index contributed by atoms with van der Waals surface area (Å²) in [7, 11) is 0. The fraction of sp³-hybridized carbons (Fsp3) is 0.429. The number of hydrogen-bond acceptors (Lipinski definition) is 9. The Labute approximate surface area is 229 Å². The molecule has 0 unspecified atom stereocenters. The van der Waals surface area contributed by atoms with Gasteiger partial charge in [-0.2, -0.15) is 10.4 Å². The Morgan fingerprint density at radius 2 is 1.90 bits per heavy atom. The predicted molar refractivity (Wildman–Crippen MR) is 146 cm³/mol. The average Bonchev–Trinajstić information content (AvgIpc) is 3.54. The van der Waals surface area contributed by atoms with Gasteiger partial charge in [0.1, 0.15) is 11.1 Å². The topological polar surface area (TPSA) is 130 Å². The number of nitriles is 1. The van der Waals surface area contributed by atoms with E-state index in [1.807, 2.05) is 30.5 Å². The smallest absolute Gasteiger partial charge is 0.223 e. The van der Waals surface area contributed by atoms with Gasteiger partial charge in [0.05, 0.1) is 53.5 Å². The van der Waals surface area contributed by atoms with Gasteiger partial charge >= 0.3 is 0 Å². The summed E-state index contributed by atoms with van der Waals surface area (Å²) in [6, 6.07) is 10.4. The van der Waals surface area contributed by atoms with Crippen LogP contribution in [0.4, 0.5) is 5.69 Å². The number of nitrogens with zero attached hydrogens (tertiary/aromatic N) is 6. The van der Waals surface area contributed by atoms with Crippen LogP contribution in [0.1, 0.15) is 55.0 Å². The van der Waals surface area contributed by atoms with Crippen LogP contribution in [0.5, 0.6) is 0 Å². The SMILES string of the molecule is N#Cc1cnn2c(-c3cc(NC4COC4)c(-c4nnc([C@H]5CC[C@@H](NC(=O)C6CC6)CC5)s4)cn3)ccc2c1. The van der Waals surface area contributed by atoms with E-state index < -0.39 is 0 Å². The Balaban J connectivity index is 1.13. The number of aromatic nitrogens is 5. The van der Waals surface area contributed by atoms with E-state index >= 15 is 0 Å². The first-order chi connectivity index (χ1) is 19.1. The van der Waals surface area contributed by atoms with Crippen LogP contribution >= 0.6 is 11.3 Å². The van der Waals surface area contributed by atoms with Gasteiger partial charge in [0.25, 0.3) is 0 Å². The molecule has 3 fully saturated rings. The van der Waals surface area contributed by atoms with Crippen molar-refractivity contribution >= 4 is 28.4 Å². The number of rotatable bonds is 7. The first kappa shape index (κ1) is 24.2. The third-order valence-electron chi connectivity index (χ3n) is 7.84. The Bertz CT molecular complexity index is 1570. The van der Waals surface area contributed by atoms with Crippen LogP contribution in [0, 0.1) is 17.2 Å². The molecular formula is C28H28N8O2S. The van der Waals surface area contributed by atoms with Gasteiger partial charge in [-0.25, -0.2) is 4.52 Å². The van der Waals surface area contributed by atoms with Gasteiger partial charge in [-0.05, 0) is 62.8 Å². The molecule has 2 aliphatic carbocycles. The summed E-state index contributed by atoms with van der Waals surface area (Å²) < 4.78 is 7.19. The van der Waals surface area contributed by atoms with E-state index in [9.17, 15) is 10.1 Å². The number of carbonyl (C=O) groups is 1. The molecule has 0 atom stereocenters. The summed E-state index contributed by atoms with van der Waals surface area (Å²) in [5.74, 6) is 0.859. The fourth-order valence-corrected chi connectivity index (χ4v) is 6.37. The van der Waals surface area contributed by atoms with Crippen LogP contribution in [0.25, 0.3) is 27.5 Å². The van der Waals surface area contributed by atoms with Gasteiger partial charge in [-0.15, -0.1) is 10.2 Å². The van der Waals surface area contributed by atoms with Crippen LogP contribution in [0.3, 0.4) is 0 Å². The highest BCUT2D eigenvalue weighted by molar-refractivity contribution is 7.14. The molecule has 0 spiro atoms. The van der Waals surface area contributed by atoms with E-state index in [0.717, 1.165) is 76.7 Å². The van der Waals surface area contributed by atoms with Crippen molar-refractivity contribution in [2.24, 2.45) is 5.92 Å². The molecule has 198 valence electrons. The first-order valence-corrected chi connectivity index (χ1v) is 14.3. The molecule has 5 heterocycles. The zero-order valence-corrected chi connectivity index (χ0v) is 22.2. The molecule has 0 bridgehead atoms. The highest BCUT2D eigenvalue weighted by atomic mass is 32.1. The number of ether oxygens (including phenoxy) is 1. The van der Waals surface area contributed by atoms with E-state index in [-0.39, 0.29) is 23.9 Å². The molecule has 2 N–H and O–H groups in total. The second-order valence-electron chi connectivity index (χ2n) is 10.7. The standard InChI is InChI=1S/C28H28N8O2S/c29-11-16-9-21-7-8-25(36(21)31-12-16)24-10-23(32-20-14-38-15-20)22(13-30-24)28-35-34-27(39-28)18-3-5-19(6-4-18)33-26(37)17-1-2-17/h7-10,12-13,17-20H,1-6,14-15H2,(H,30,32)(H,33,37)/t18-,19+. The zero-order valence-electron chi connectivity index (χ0n) is 21.3. The maximum absolute atomic E-state index is 12.1. The lowest BCUT2D eigenvalue weighted by Crippen LogP contribution is -2.40. The van der Waals surface area contributed by atoms with E-state index in [1.54, 1.807) is 22.0 Å². The third-order valence-corrected chi connectivity index (χ3v) is 8.95. The molecule has 0 radical (unpaired) electrons. The molecule has 0 aromatic carbocycles. The third kappa shape index (κ3) is 4.86. The van der Waals surface area contributed by atoms with Crippen LogP contribution < -0.4 is 10.6 Å². The Kier molecular flexibility index (Phi) is 6.21. The summed E-state index contributed by atoms with van der Waals surface area (Å²) in [5, 5.41) is 31.5. The number of hydrogen-bond donors (Lipinski definition) is 2. The number of pyridine rings is 1. The van der Waals surface area contributed by atoms with Gasteiger partial charge in [0.2, 0.25) is 5.91 Å². The molecule has 1 aliphatic heterocycles. The average molecular weight is 541 g/mol. The Morgan fingerprint density at radius 1 is 1.05 bits per heavy atom. The number of fused-ring (bicyclic) bond motifs is 1. The number of amides is 1. The molecule has 2 saturated carbocycles. The zero-order chi connectivity index (χ0) is 26.3. The van der Waals surface area contributed by atoms with E-state index in [0.29, 0.717) is 24.7 Å². The monoisotopic (exact) mass is 540 g/mol. The lowest BCUT2D eigenvalue weighted by atomic mass is 9.86. The molecule has 11 heteroatoms. The summed E-state index contributed by atoms with van der Waals surface area (Å²) in [4.78, 5) is 16.9. The molecule has 4 aromatic rings. The fourth-order valence-electron chi connectivity index (χ4n) is 5.34. The van der Waals surface area contributed by atoms with Crippen molar-refractivity contribution in [1.29, 1.82) is 5.26 Å². The number of nitrogens with one attached hydrogen (secondary N) is 2. The van der Waals surface area contributed by atoms with Crippen LogP contribution in [0.2, 0.25) is 0 Å². The Hall–Kier alpha value is -3.88. The van der Waals surface area contributed by atoms with E-state index in [4.69, 9.17) is 9.72 Å². The van der Waals surface area contributed by atoms with Gasteiger partial charge in [-0.3, -0.25) is 9.78 Å². The largest absolute Gasteiger partial charge is 0.377 e. The van der Waals surface area contributed by atoms with Gasteiger partial charge in [-0.1, -0.05) is 11.3 Å². The molecule has 39 heavy (non-hydrogen) atoms. The minimum atomic E-state index is 0.230. The lowest BCUT2D eigenvalue weighted by Gasteiger charge is -2.28. The molecule has 1 amide bonds. The minimum absolute atomic E-state index is 0.230. The number of carbonyl (C=O) groups excluding carboxylic acids is 1. The van der Waals surface area contributed by atoms with Crippen molar-refractivity contribution < 1.29 is 9.53 Å². The minimum Gasteiger partial charge on any atom is -0.377 e. The van der Waals surface area contributed by atoms with Crippen molar-refractivity contribution in [2.45, 2.75) is 56.5 Å². The highest BCUT2D eigenvalue weighted by Gasteiger charge is 2.33. The summed E-state index contributed by atoms with van der Waals surface area (Å²) in [6.07, 6.45) is 9.48. The van der Waals surface area contributed by atoms with Gasteiger partial charge in [0.15, 0.2) is 5.01 Å². The molecule has 3 aliphatic rings. The molecule has 7 rings (SSSR count). The number of anilines is 1. The quantitative estimate of drug-likeness (QED) is 0.358. The molecular weight excluding hydrogens is 512 g/mol. The first-order valence-electron chi connectivity index (χ1n) is 13.5. The van der Waals surface area contributed by atoms with Crippen molar-refractivity contribution in [1.82, 2.24) is 30.1 Å². The van der Waals surface area contributed by atoms with Crippen molar-refractivity contribution in [2.75, 3.05) is 18.5 Å². The highest BCUT2D eigenvalue weighted by Crippen LogP contribution is 2.39. The van der Waals surface area contributed by atoms with Crippen molar-refractivity contribution in [3.05, 3.63) is 47.2 Å².